The zero-order valence-electron chi connectivity index (χ0n) is 18.3. The molecule has 1 heterocycles. The molecule has 4 rings (SSSR count). The number of amidine groups is 1. The Balaban J connectivity index is 1.48. The van der Waals surface area contributed by atoms with E-state index in [2.05, 4.69) is 17.2 Å². The van der Waals surface area contributed by atoms with E-state index in [0.717, 1.165) is 23.2 Å². The minimum absolute atomic E-state index is 0.179. The molecule has 0 atom stereocenters. The summed E-state index contributed by atoms with van der Waals surface area (Å²) in [5, 5.41) is 4.03. The number of carbonyl (C=O) groups excluding carboxylic acids is 1. The van der Waals surface area contributed by atoms with Crippen molar-refractivity contribution in [3.05, 3.63) is 93.3 Å². The lowest BCUT2D eigenvalue weighted by Crippen LogP contribution is -2.19. The summed E-state index contributed by atoms with van der Waals surface area (Å²) < 4.78 is 11.4. The number of carbonyl (C=O) groups is 1. The van der Waals surface area contributed by atoms with E-state index in [-0.39, 0.29) is 5.91 Å². The third kappa shape index (κ3) is 5.78. The van der Waals surface area contributed by atoms with Gasteiger partial charge >= 0.3 is 0 Å². The standard InChI is InChI=1S/C26H23ClN2O3S/c1-3-17-8-11-20(12-9-17)28-26-29-25(30)24(33-26)15-18-10-13-22(23(14-18)31-2)32-16-19-6-4-5-7-21(19)27/h4-15H,3,16H2,1-2H3,(H,28,29,30)/b24-15-. The van der Waals surface area contributed by atoms with Crippen LogP contribution in [0.15, 0.2) is 76.6 Å². The Labute approximate surface area is 202 Å². The average Bonchev–Trinajstić information content (AvgIpc) is 3.17. The van der Waals surface area contributed by atoms with E-state index in [1.54, 1.807) is 7.11 Å². The van der Waals surface area contributed by atoms with Gasteiger partial charge < -0.3 is 14.8 Å². The summed E-state index contributed by atoms with van der Waals surface area (Å²) in [5.41, 5.74) is 3.76. The molecule has 0 unspecified atom stereocenters. The van der Waals surface area contributed by atoms with E-state index in [9.17, 15) is 4.79 Å². The van der Waals surface area contributed by atoms with E-state index in [1.807, 2.05) is 72.8 Å². The number of hydrogen-bond donors (Lipinski definition) is 1. The van der Waals surface area contributed by atoms with Gasteiger partial charge in [-0.2, -0.15) is 0 Å². The van der Waals surface area contributed by atoms with Gasteiger partial charge in [0.05, 0.1) is 17.7 Å². The first kappa shape index (κ1) is 23.0. The van der Waals surface area contributed by atoms with Crippen LogP contribution in [0.4, 0.5) is 5.69 Å². The molecule has 3 aromatic rings. The monoisotopic (exact) mass is 478 g/mol. The Morgan fingerprint density at radius 3 is 2.58 bits per heavy atom. The highest BCUT2D eigenvalue weighted by molar-refractivity contribution is 8.18. The fourth-order valence-corrected chi connectivity index (χ4v) is 4.25. The molecule has 0 aromatic heterocycles. The molecule has 1 saturated heterocycles. The first-order valence-electron chi connectivity index (χ1n) is 10.5. The van der Waals surface area contributed by atoms with Crippen LogP contribution in [0, 0.1) is 0 Å². The number of hydrogen-bond acceptors (Lipinski definition) is 5. The zero-order chi connectivity index (χ0) is 23.2. The zero-order valence-corrected chi connectivity index (χ0v) is 19.9. The number of benzene rings is 3. The molecule has 0 aliphatic carbocycles. The third-order valence-corrected chi connectivity index (χ3v) is 6.33. The average molecular weight is 479 g/mol. The van der Waals surface area contributed by atoms with Crippen LogP contribution in [-0.2, 0) is 17.8 Å². The summed E-state index contributed by atoms with van der Waals surface area (Å²) in [6.07, 6.45) is 2.78. The molecule has 0 spiro atoms. The molecular formula is C26H23ClN2O3S. The van der Waals surface area contributed by atoms with Gasteiger partial charge in [0.25, 0.3) is 5.91 Å². The van der Waals surface area contributed by atoms with E-state index in [4.69, 9.17) is 21.1 Å². The van der Waals surface area contributed by atoms with Gasteiger partial charge in [-0.3, -0.25) is 4.79 Å². The minimum atomic E-state index is -0.179. The molecule has 1 fully saturated rings. The summed E-state index contributed by atoms with van der Waals surface area (Å²) in [5.74, 6) is 0.993. The Morgan fingerprint density at radius 1 is 1.06 bits per heavy atom. The molecular weight excluding hydrogens is 456 g/mol. The second kappa shape index (κ2) is 10.6. The van der Waals surface area contributed by atoms with Crippen molar-refractivity contribution in [2.75, 3.05) is 7.11 Å². The molecule has 1 amide bonds. The number of nitrogens with zero attached hydrogens (tertiary/aromatic N) is 1. The first-order chi connectivity index (χ1) is 16.1. The molecule has 0 radical (unpaired) electrons. The topological polar surface area (TPSA) is 59.9 Å². The summed E-state index contributed by atoms with van der Waals surface area (Å²) in [7, 11) is 1.58. The number of nitrogens with one attached hydrogen (secondary N) is 1. The quantitative estimate of drug-likeness (QED) is 0.400. The molecule has 33 heavy (non-hydrogen) atoms. The molecule has 1 aliphatic rings. The van der Waals surface area contributed by atoms with Gasteiger partial charge in [0, 0.05) is 10.6 Å². The maximum absolute atomic E-state index is 12.4. The van der Waals surface area contributed by atoms with Crippen LogP contribution in [0.25, 0.3) is 6.08 Å². The SMILES string of the molecule is CCc1ccc(N=C2NC(=O)/C(=C/c3ccc(OCc4ccccc4Cl)c(OC)c3)S2)cc1. The number of aliphatic imine (C=N–C) groups is 1. The van der Waals surface area contributed by atoms with Gasteiger partial charge in [0.2, 0.25) is 0 Å². The largest absolute Gasteiger partial charge is 0.493 e. The highest BCUT2D eigenvalue weighted by Gasteiger charge is 2.24. The predicted octanol–water partition coefficient (Wildman–Crippen LogP) is 6.38. The predicted molar refractivity (Wildman–Crippen MR) is 135 cm³/mol. The molecule has 1 aliphatic heterocycles. The van der Waals surface area contributed by atoms with Crippen LogP contribution >= 0.6 is 23.4 Å². The Bertz CT molecular complexity index is 1220. The Kier molecular flexibility index (Phi) is 7.37. The van der Waals surface area contributed by atoms with E-state index in [1.165, 1.54) is 17.3 Å². The third-order valence-electron chi connectivity index (χ3n) is 5.05. The number of amides is 1. The molecule has 0 saturated carbocycles. The lowest BCUT2D eigenvalue weighted by Gasteiger charge is -2.12. The van der Waals surface area contributed by atoms with Gasteiger partial charge in [0.1, 0.15) is 6.61 Å². The van der Waals surface area contributed by atoms with Gasteiger partial charge in [-0.1, -0.05) is 54.9 Å². The van der Waals surface area contributed by atoms with Crippen LogP contribution in [0.1, 0.15) is 23.6 Å². The van der Waals surface area contributed by atoms with Crippen LogP contribution in [0.5, 0.6) is 11.5 Å². The lowest BCUT2D eigenvalue weighted by molar-refractivity contribution is -0.115. The summed E-state index contributed by atoms with van der Waals surface area (Å²) in [4.78, 5) is 17.5. The van der Waals surface area contributed by atoms with Crippen molar-refractivity contribution in [3.63, 3.8) is 0 Å². The van der Waals surface area contributed by atoms with Crippen molar-refractivity contribution < 1.29 is 14.3 Å². The molecule has 1 N–H and O–H groups in total. The van der Waals surface area contributed by atoms with Crippen LogP contribution in [0.2, 0.25) is 5.02 Å². The Morgan fingerprint density at radius 2 is 1.85 bits per heavy atom. The highest BCUT2D eigenvalue weighted by atomic mass is 35.5. The number of aryl methyl sites for hydroxylation is 1. The number of ether oxygens (including phenoxy) is 2. The second-order valence-corrected chi connectivity index (χ2v) is 8.73. The van der Waals surface area contributed by atoms with E-state index >= 15 is 0 Å². The number of rotatable bonds is 7. The maximum atomic E-state index is 12.4. The number of methoxy groups -OCH3 is 1. The van der Waals surface area contributed by atoms with E-state index < -0.39 is 0 Å². The number of halogens is 1. The molecule has 0 bridgehead atoms. The smallest absolute Gasteiger partial charge is 0.264 e. The molecule has 7 heteroatoms. The van der Waals surface area contributed by atoms with Gasteiger partial charge in [-0.25, -0.2) is 4.99 Å². The fraction of sp³-hybridized carbons (Fsp3) is 0.154. The second-order valence-electron chi connectivity index (χ2n) is 7.29. The highest BCUT2D eigenvalue weighted by Crippen LogP contribution is 2.33. The molecule has 5 nitrogen and oxygen atoms in total. The summed E-state index contributed by atoms with van der Waals surface area (Å²) in [6, 6.07) is 21.1. The van der Waals surface area contributed by atoms with Crippen LogP contribution in [-0.4, -0.2) is 18.2 Å². The fourth-order valence-electron chi connectivity index (χ4n) is 3.22. The van der Waals surface area contributed by atoms with Gasteiger partial charge in [-0.15, -0.1) is 0 Å². The Hall–Kier alpha value is -3.22. The van der Waals surface area contributed by atoms with Crippen molar-refractivity contribution in [1.29, 1.82) is 0 Å². The van der Waals surface area contributed by atoms with Crippen molar-refractivity contribution in [1.82, 2.24) is 5.32 Å². The summed E-state index contributed by atoms with van der Waals surface area (Å²) >= 11 is 7.51. The minimum Gasteiger partial charge on any atom is -0.493 e. The van der Waals surface area contributed by atoms with E-state index in [0.29, 0.717) is 33.2 Å². The van der Waals surface area contributed by atoms with Crippen molar-refractivity contribution in [3.8, 4) is 11.5 Å². The normalized spacial score (nSPS) is 15.7. The van der Waals surface area contributed by atoms with Crippen molar-refractivity contribution >= 4 is 46.2 Å². The van der Waals surface area contributed by atoms with Gasteiger partial charge in [-0.05, 0) is 65.7 Å². The van der Waals surface area contributed by atoms with Crippen molar-refractivity contribution in [2.24, 2.45) is 4.99 Å². The lowest BCUT2D eigenvalue weighted by atomic mass is 10.2. The number of thioether (sulfide) groups is 1. The first-order valence-corrected chi connectivity index (χ1v) is 11.7. The van der Waals surface area contributed by atoms with Gasteiger partial charge in [0.15, 0.2) is 16.7 Å². The maximum Gasteiger partial charge on any atom is 0.264 e. The molecule has 168 valence electrons. The molecule has 3 aromatic carbocycles. The summed E-state index contributed by atoms with van der Waals surface area (Å²) in [6.45, 7) is 2.44. The van der Waals surface area contributed by atoms with Crippen LogP contribution < -0.4 is 14.8 Å². The van der Waals surface area contributed by atoms with Crippen LogP contribution in [0.3, 0.4) is 0 Å². The van der Waals surface area contributed by atoms with Crippen molar-refractivity contribution in [2.45, 2.75) is 20.0 Å².